The van der Waals surface area contributed by atoms with Crippen LogP contribution >= 0.6 is 0 Å². The van der Waals surface area contributed by atoms with Crippen LogP contribution in [0.2, 0.25) is 0 Å². The predicted octanol–water partition coefficient (Wildman–Crippen LogP) is 10.5. The molecule has 4 fully saturated rings. The number of hydrogen-bond donors (Lipinski definition) is 12. The third kappa shape index (κ3) is 25.2. The van der Waals surface area contributed by atoms with E-state index >= 15 is 0 Å². The van der Waals surface area contributed by atoms with Gasteiger partial charge in [-0.2, -0.15) is 13.2 Å². The summed E-state index contributed by atoms with van der Waals surface area (Å²) >= 11 is 0. The Hall–Kier alpha value is -15.8. The Morgan fingerprint density at radius 1 is 0.370 bits per heavy atom. The standard InChI is InChI=1S/C20H23N5O7.C19H18F3N5O6.C19H18F3N5O5.C18H17F2N5O5/c1-31-14-4-5-16(18(12-14)32-2)21-20(27)24-9-7-23(8-10-24)17-6-3-13(25(29)30)11-15(17)19(26)22-28;20-19(21,22)33-16-4-2-1-3-13(16)23-18(29)26-9-7-25(8-10-26)14-6-5-12(17(28)24-30)11-15(14)27(31)32;20-19(21,22)13-2-1-3-14(11-13)23-18(29)26-8-6-25(7-9-26)15-5-4-12(17(28)24-30)10-16(15)27(31)32;19-14-3-1-11(9-15(14)20)21-18(27)24-7-5-23(6-8-24)16-4-2-12(25(29)30)10-13(16)17(26)22-28/h3-6,11-12,28H,7-10H2,1-2H3,(H,21,27)(H,22,26);1-6,11,30H,7-10H2,(H,23,29)(H,24,28);1-5,10-11,30H,6-9H2,(H,23,29)(H,24,28);1-4,9-10,28H,5-8H2,(H,21,27)(H,22,26). The van der Waals surface area contributed by atoms with Crippen LogP contribution < -0.4 is 77.0 Å². The normalized spacial score (nSPS) is 13.8. The summed E-state index contributed by atoms with van der Waals surface area (Å²) in [4.78, 5) is 152. The molecule has 51 heteroatoms. The van der Waals surface area contributed by atoms with E-state index in [9.17, 15) is 114 Å². The van der Waals surface area contributed by atoms with Crippen molar-refractivity contribution in [1.82, 2.24) is 41.5 Å². The van der Waals surface area contributed by atoms with Crippen LogP contribution in [0.5, 0.6) is 17.2 Å². The Bertz CT molecular complexity index is 5420. The van der Waals surface area contributed by atoms with Crippen molar-refractivity contribution in [3.63, 3.8) is 0 Å². The largest absolute Gasteiger partial charge is 0.573 e. The Balaban J connectivity index is 0.000000191. The molecule has 4 aliphatic heterocycles. The van der Waals surface area contributed by atoms with Crippen LogP contribution in [0.25, 0.3) is 0 Å². The van der Waals surface area contributed by atoms with Gasteiger partial charge >= 0.3 is 36.7 Å². The van der Waals surface area contributed by atoms with Gasteiger partial charge in [0.15, 0.2) is 17.4 Å². The zero-order valence-corrected chi connectivity index (χ0v) is 66.3. The fourth-order valence-corrected chi connectivity index (χ4v) is 13.0. The molecule has 0 radical (unpaired) electrons. The number of rotatable bonds is 19. The molecule has 0 unspecified atom stereocenters. The Morgan fingerprint density at radius 3 is 1.13 bits per heavy atom. The molecule has 4 saturated heterocycles. The molecule has 43 nitrogen and oxygen atoms in total. The van der Waals surface area contributed by atoms with Gasteiger partial charge in [-0.05, 0) is 91.0 Å². The van der Waals surface area contributed by atoms with E-state index in [-0.39, 0.29) is 145 Å². The molecular weight excluding hydrogens is 1710 g/mol. The molecule has 12 amide bonds. The zero-order valence-electron chi connectivity index (χ0n) is 66.3. The highest BCUT2D eigenvalue weighted by Gasteiger charge is 2.36. The van der Waals surface area contributed by atoms with Gasteiger partial charge in [0, 0.05) is 176 Å². The number of nitrogens with zero attached hydrogens (tertiary/aromatic N) is 12. The summed E-state index contributed by atoms with van der Waals surface area (Å²) in [5.74, 6) is -5.14. The maximum atomic E-state index is 13.3. The van der Waals surface area contributed by atoms with Gasteiger partial charge in [-0.3, -0.25) is 80.5 Å². The minimum atomic E-state index is -4.92. The number of amides is 12. The highest BCUT2D eigenvalue weighted by atomic mass is 19.4. The zero-order chi connectivity index (χ0) is 92.7. The highest BCUT2D eigenvalue weighted by molar-refractivity contribution is 6.02. The summed E-state index contributed by atoms with van der Waals surface area (Å²) in [7, 11) is 3.03. The number of ether oxygens (including phenoxy) is 3. The van der Waals surface area contributed by atoms with Crippen molar-refractivity contribution in [2.75, 3.05) is 160 Å². The van der Waals surface area contributed by atoms with Crippen LogP contribution in [0.1, 0.15) is 47.0 Å². The molecule has 0 aromatic heterocycles. The van der Waals surface area contributed by atoms with Crippen molar-refractivity contribution >= 4 is 116 Å². The number of anilines is 8. The second-order valence-electron chi connectivity index (χ2n) is 27.0. The van der Waals surface area contributed by atoms with E-state index < -0.39 is 96.9 Å². The lowest BCUT2D eigenvalue weighted by molar-refractivity contribution is -0.385. The Kier molecular flexibility index (Phi) is 32.0. The predicted molar refractivity (Wildman–Crippen MR) is 431 cm³/mol. The number of nitro groups is 4. The monoisotopic (exact) mass is 1790 g/mol. The first-order valence-corrected chi connectivity index (χ1v) is 37.2. The third-order valence-electron chi connectivity index (χ3n) is 19.4. The summed E-state index contributed by atoms with van der Waals surface area (Å²) < 4.78 is 117. The van der Waals surface area contributed by atoms with Crippen LogP contribution in [-0.4, -0.2) is 233 Å². The molecule has 0 aliphatic carbocycles. The Morgan fingerprint density at radius 2 is 0.756 bits per heavy atom. The third-order valence-corrected chi connectivity index (χ3v) is 19.4. The van der Waals surface area contributed by atoms with Crippen LogP contribution in [0, 0.1) is 52.1 Å². The lowest BCUT2D eigenvalue weighted by Crippen LogP contribution is -2.50. The first kappa shape index (κ1) is 95.0. The molecule has 127 heavy (non-hydrogen) atoms. The molecule has 0 saturated carbocycles. The van der Waals surface area contributed by atoms with Crippen molar-refractivity contribution in [3.8, 4) is 17.2 Å². The molecule has 12 rings (SSSR count). The first-order chi connectivity index (χ1) is 60.3. The number of hydroxylamine groups is 4. The first-order valence-electron chi connectivity index (χ1n) is 37.2. The summed E-state index contributed by atoms with van der Waals surface area (Å²) in [5, 5.41) is 90.3. The minimum Gasteiger partial charge on any atom is -0.497 e. The number of carbonyl (C=O) groups excluding carboxylic acids is 8. The second kappa shape index (κ2) is 42.8. The van der Waals surface area contributed by atoms with Crippen LogP contribution in [0.15, 0.2) is 158 Å². The average molecular weight is 1790 g/mol. The summed E-state index contributed by atoms with van der Waals surface area (Å²) in [6, 6.07) is 30.4. The van der Waals surface area contributed by atoms with Crippen LogP contribution in [0.3, 0.4) is 0 Å². The molecule has 8 aromatic carbocycles. The number of nitrogens with one attached hydrogen (secondary N) is 8. The summed E-state index contributed by atoms with van der Waals surface area (Å²) in [6.45, 7) is 3.99. The number of carbonyl (C=O) groups is 8. The highest BCUT2D eigenvalue weighted by Crippen LogP contribution is 2.37. The van der Waals surface area contributed by atoms with Gasteiger partial charge in [0.05, 0.1) is 73.4 Å². The van der Waals surface area contributed by atoms with Gasteiger partial charge in [0.1, 0.15) is 22.9 Å². The van der Waals surface area contributed by atoms with Crippen molar-refractivity contribution < 1.29 is 128 Å². The number of benzene rings is 8. The Labute approximate surface area is 710 Å². The fraction of sp³-hybridized carbons (Fsp3) is 0.263. The lowest BCUT2D eigenvalue weighted by Gasteiger charge is -2.36. The average Bonchev–Trinajstić information content (AvgIpc) is 0.813. The minimum absolute atomic E-state index is 0.000594. The van der Waals surface area contributed by atoms with E-state index in [0.717, 1.165) is 54.6 Å². The van der Waals surface area contributed by atoms with Gasteiger partial charge in [0.25, 0.3) is 46.4 Å². The molecular formula is C76H76F8N20O23. The molecule has 0 atom stereocenters. The maximum Gasteiger partial charge on any atom is 0.573 e. The number of halogens is 8. The lowest BCUT2D eigenvalue weighted by atomic mass is 10.1. The van der Waals surface area contributed by atoms with Gasteiger partial charge < -0.3 is 74.7 Å². The van der Waals surface area contributed by atoms with Gasteiger partial charge in [0.2, 0.25) is 0 Å². The SMILES string of the molecule is COc1ccc(NC(=O)N2CCN(c3ccc([N+](=O)[O-])cc3C(=O)NO)CC2)c(OC)c1.O=C(NO)c1cc([N+](=O)[O-])ccc1N1CCN(C(=O)Nc2ccc(F)c(F)c2)CC1.O=C(NO)c1ccc(N2CCN(C(=O)Nc3cccc(C(F)(F)F)c3)CC2)c([N+](=O)[O-])c1.O=C(NO)c1ccc(N2CCN(C(=O)Nc3ccccc3OC(F)(F)F)CC2)c([N+](=O)[O-])c1. The quantitative estimate of drug-likeness (QED) is 0.0155. The van der Waals surface area contributed by atoms with Gasteiger partial charge in [-0.25, -0.2) is 49.9 Å². The number of urea groups is 4. The van der Waals surface area contributed by atoms with E-state index in [4.69, 9.17) is 30.3 Å². The summed E-state index contributed by atoms with van der Waals surface area (Å²) in [5.41, 5.74) is 5.06. The molecule has 0 spiro atoms. The van der Waals surface area contributed by atoms with Crippen molar-refractivity contribution in [1.29, 1.82) is 0 Å². The van der Waals surface area contributed by atoms with E-state index in [2.05, 4.69) is 26.0 Å². The number of para-hydroxylation sites is 2. The van der Waals surface area contributed by atoms with E-state index in [1.54, 1.807) is 37.8 Å². The molecule has 674 valence electrons. The number of nitro benzene ring substituents is 4. The number of alkyl halides is 6. The molecule has 0 bridgehead atoms. The van der Waals surface area contributed by atoms with Crippen LogP contribution in [0.4, 0.5) is 123 Å². The van der Waals surface area contributed by atoms with E-state index in [0.29, 0.717) is 67.8 Å². The maximum absolute atomic E-state index is 13.3. The smallest absolute Gasteiger partial charge is 0.497 e. The van der Waals surface area contributed by atoms with E-state index in [1.807, 2.05) is 4.90 Å². The molecule has 8 aromatic rings. The fourth-order valence-electron chi connectivity index (χ4n) is 13.0. The van der Waals surface area contributed by atoms with Crippen molar-refractivity contribution in [3.05, 3.63) is 238 Å². The second-order valence-corrected chi connectivity index (χ2v) is 27.0. The number of hydrogen-bond acceptors (Lipinski definition) is 27. The molecule has 12 N–H and O–H groups in total. The molecule has 4 heterocycles. The van der Waals surface area contributed by atoms with Gasteiger partial charge in [-0.1, -0.05) is 18.2 Å². The summed E-state index contributed by atoms with van der Waals surface area (Å²) in [6.07, 6.45) is -9.46. The van der Waals surface area contributed by atoms with Gasteiger partial charge in [-0.15, -0.1) is 13.2 Å². The number of non-ortho nitro benzene ring substituents is 2. The van der Waals surface area contributed by atoms with Crippen molar-refractivity contribution in [2.45, 2.75) is 12.5 Å². The van der Waals surface area contributed by atoms with Crippen LogP contribution in [-0.2, 0) is 6.18 Å². The number of methoxy groups -OCH3 is 2. The molecule has 4 aliphatic rings. The van der Waals surface area contributed by atoms with E-state index in [1.165, 1.54) is 136 Å². The number of piperazine rings is 4. The van der Waals surface area contributed by atoms with Crippen molar-refractivity contribution in [2.24, 2.45) is 0 Å². The topological polar surface area (TPSA) is 540 Å².